The van der Waals surface area contributed by atoms with Gasteiger partial charge in [0.05, 0.1) is 11.5 Å². The summed E-state index contributed by atoms with van der Waals surface area (Å²) in [6, 6.07) is 25.7. The first kappa shape index (κ1) is 20.7. The number of rotatable bonds is 8. The number of benzene rings is 3. The monoisotopic (exact) mass is 404 g/mol. The molecule has 0 fully saturated rings. The van der Waals surface area contributed by atoms with Crippen LogP contribution >= 0.6 is 11.8 Å². The van der Waals surface area contributed by atoms with Crippen molar-refractivity contribution in [2.45, 2.75) is 30.6 Å². The third-order valence-corrected chi connectivity index (χ3v) is 5.35. The van der Waals surface area contributed by atoms with Crippen molar-refractivity contribution in [3.05, 3.63) is 95.6 Å². The summed E-state index contributed by atoms with van der Waals surface area (Å²) in [5.74, 6) is 0.575. The molecule has 1 atom stereocenters. The van der Waals surface area contributed by atoms with E-state index < -0.39 is 0 Å². The quantitative estimate of drug-likeness (QED) is 0.319. The second-order valence-electron chi connectivity index (χ2n) is 6.62. The Hall–Kier alpha value is -3.05. The molecule has 0 saturated carbocycles. The van der Waals surface area contributed by atoms with E-state index in [4.69, 9.17) is 4.74 Å². The molecule has 5 heteroatoms. The molecule has 0 bridgehead atoms. The van der Waals surface area contributed by atoms with Crippen LogP contribution in [0.15, 0.2) is 88.9 Å². The molecule has 4 nitrogen and oxygen atoms in total. The third-order valence-electron chi connectivity index (χ3n) is 4.24. The number of nitrogens with one attached hydrogen (secondary N) is 1. The zero-order valence-electron chi connectivity index (χ0n) is 16.5. The van der Waals surface area contributed by atoms with Crippen LogP contribution in [-0.2, 0) is 11.4 Å². The van der Waals surface area contributed by atoms with Crippen molar-refractivity contribution in [2.75, 3.05) is 0 Å². The minimum absolute atomic E-state index is 0.144. The summed E-state index contributed by atoms with van der Waals surface area (Å²) in [5, 5.41) is 3.87. The predicted octanol–water partition coefficient (Wildman–Crippen LogP) is 5.20. The lowest BCUT2D eigenvalue weighted by molar-refractivity contribution is -0.120. The number of ether oxygens (including phenoxy) is 1. The smallest absolute Gasteiger partial charge is 0.253 e. The Morgan fingerprint density at radius 1 is 1.03 bits per heavy atom. The molecule has 0 aliphatic carbocycles. The molecule has 3 rings (SSSR count). The molecule has 3 aromatic rings. The van der Waals surface area contributed by atoms with Gasteiger partial charge in [-0.3, -0.25) is 4.79 Å². The van der Waals surface area contributed by atoms with Gasteiger partial charge >= 0.3 is 0 Å². The molecule has 1 amide bonds. The van der Waals surface area contributed by atoms with Gasteiger partial charge in [-0.15, -0.1) is 11.8 Å². The Morgan fingerprint density at radius 3 is 2.48 bits per heavy atom. The fourth-order valence-electron chi connectivity index (χ4n) is 2.58. The van der Waals surface area contributed by atoms with Crippen LogP contribution in [0.1, 0.15) is 23.6 Å². The molecule has 0 aliphatic rings. The Morgan fingerprint density at radius 2 is 1.72 bits per heavy atom. The zero-order valence-corrected chi connectivity index (χ0v) is 17.4. The highest BCUT2D eigenvalue weighted by molar-refractivity contribution is 8.00. The molecule has 29 heavy (non-hydrogen) atoms. The van der Waals surface area contributed by atoms with Crippen LogP contribution in [0, 0.1) is 6.92 Å². The van der Waals surface area contributed by atoms with Gasteiger partial charge in [-0.1, -0.05) is 60.2 Å². The van der Waals surface area contributed by atoms with E-state index >= 15 is 0 Å². The average molecular weight is 405 g/mol. The van der Waals surface area contributed by atoms with Gasteiger partial charge in [0.25, 0.3) is 5.91 Å². The molecule has 0 aliphatic heterocycles. The number of nitrogens with zero attached hydrogens (tertiary/aromatic N) is 1. The largest absolute Gasteiger partial charge is 0.488 e. The second-order valence-corrected chi connectivity index (χ2v) is 8.03. The zero-order chi connectivity index (χ0) is 20.5. The lowest BCUT2D eigenvalue weighted by atomic mass is 10.2. The fourth-order valence-corrected chi connectivity index (χ4v) is 3.45. The maximum atomic E-state index is 12.3. The molecule has 0 saturated heterocycles. The Balaban J connectivity index is 1.55. The Bertz CT molecular complexity index is 956. The second kappa shape index (κ2) is 10.5. The maximum Gasteiger partial charge on any atom is 0.253 e. The predicted molar refractivity (Wildman–Crippen MR) is 119 cm³/mol. The first-order chi connectivity index (χ1) is 14.1. The van der Waals surface area contributed by atoms with E-state index in [2.05, 4.69) is 10.5 Å². The first-order valence-corrected chi connectivity index (χ1v) is 10.3. The Labute approximate surface area is 176 Å². The summed E-state index contributed by atoms with van der Waals surface area (Å²) in [6.45, 7) is 4.38. The van der Waals surface area contributed by atoms with Crippen LogP contribution in [0.3, 0.4) is 0 Å². The van der Waals surface area contributed by atoms with Crippen LogP contribution in [0.2, 0.25) is 0 Å². The summed E-state index contributed by atoms with van der Waals surface area (Å²) in [4.78, 5) is 13.4. The van der Waals surface area contributed by atoms with Crippen molar-refractivity contribution in [2.24, 2.45) is 5.10 Å². The molecular formula is C24H24N2O2S. The lowest BCUT2D eigenvalue weighted by Crippen LogP contribution is -2.26. The van der Waals surface area contributed by atoms with Gasteiger partial charge < -0.3 is 4.74 Å². The van der Waals surface area contributed by atoms with Crippen LogP contribution in [0.25, 0.3) is 0 Å². The van der Waals surface area contributed by atoms with Crippen molar-refractivity contribution in [1.29, 1.82) is 0 Å². The number of amides is 1. The third kappa shape index (κ3) is 6.50. The van der Waals surface area contributed by atoms with Crippen molar-refractivity contribution < 1.29 is 9.53 Å². The molecule has 0 radical (unpaired) electrons. The van der Waals surface area contributed by atoms with Crippen LogP contribution in [0.4, 0.5) is 0 Å². The van der Waals surface area contributed by atoms with Gasteiger partial charge in [-0.05, 0) is 43.7 Å². The lowest BCUT2D eigenvalue weighted by Gasteiger charge is -2.10. The van der Waals surface area contributed by atoms with Gasteiger partial charge in [0.1, 0.15) is 12.4 Å². The number of hydrazone groups is 1. The van der Waals surface area contributed by atoms with E-state index in [0.717, 1.165) is 21.8 Å². The first-order valence-electron chi connectivity index (χ1n) is 9.44. The van der Waals surface area contributed by atoms with Gasteiger partial charge in [-0.25, -0.2) is 5.43 Å². The minimum atomic E-state index is -0.251. The van der Waals surface area contributed by atoms with E-state index in [1.807, 2.05) is 92.7 Å². The van der Waals surface area contributed by atoms with E-state index in [0.29, 0.717) is 6.61 Å². The number of hydrogen-bond acceptors (Lipinski definition) is 4. The van der Waals surface area contributed by atoms with Gasteiger partial charge in [-0.2, -0.15) is 5.10 Å². The topological polar surface area (TPSA) is 50.7 Å². The van der Waals surface area contributed by atoms with Gasteiger partial charge in [0, 0.05) is 10.5 Å². The fraction of sp³-hybridized carbons (Fsp3) is 0.167. The summed E-state index contributed by atoms with van der Waals surface area (Å²) in [6.07, 6.45) is 1.61. The average Bonchev–Trinajstić information content (AvgIpc) is 2.75. The van der Waals surface area contributed by atoms with E-state index in [1.54, 1.807) is 6.21 Å². The highest BCUT2D eigenvalue weighted by Crippen LogP contribution is 2.23. The van der Waals surface area contributed by atoms with Crippen LogP contribution < -0.4 is 10.2 Å². The SMILES string of the molecule is Cc1ccc(S[C@@H](C)C(=O)N/N=C\c2ccccc2OCc2ccccc2)cc1. The summed E-state index contributed by atoms with van der Waals surface area (Å²) in [5.41, 5.74) is 5.72. The van der Waals surface area contributed by atoms with Crippen LogP contribution in [-0.4, -0.2) is 17.4 Å². The molecule has 0 aromatic heterocycles. The Kier molecular flexibility index (Phi) is 7.47. The van der Waals surface area contributed by atoms with E-state index in [-0.39, 0.29) is 11.2 Å². The number of thioether (sulfide) groups is 1. The molecule has 148 valence electrons. The highest BCUT2D eigenvalue weighted by atomic mass is 32.2. The molecule has 0 heterocycles. The van der Waals surface area contributed by atoms with Crippen LogP contribution in [0.5, 0.6) is 5.75 Å². The maximum absolute atomic E-state index is 12.3. The van der Waals surface area contributed by atoms with Gasteiger partial charge in [0.2, 0.25) is 0 Å². The number of aryl methyl sites for hydroxylation is 1. The molecule has 1 N–H and O–H groups in total. The van der Waals surface area contributed by atoms with Gasteiger partial charge in [0.15, 0.2) is 0 Å². The number of carbonyl (C=O) groups excluding carboxylic acids is 1. The highest BCUT2D eigenvalue weighted by Gasteiger charge is 2.13. The number of para-hydroxylation sites is 1. The van der Waals surface area contributed by atoms with Crippen molar-refractivity contribution in [3.8, 4) is 5.75 Å². The molecule has 0 spiro atoms. The van der Waals surface area contributed by atoms with Crippen molar-refractivity contribution in [3.63, 3.8) is 0 Å². The molecule has 0 unspecified atom stereocenters. The van der Waals surface area contributed by atoms with E-state index in [9.17, 15) is 4.79 Å². The van der Waals surface area contributed by atoms with Crippen molar-refractivity contribution >= 4 is 23.9 Å². The number of hydrogen-bond donors (Lipinski definition) is 1. The molecular weight excluding hydrogens is 380 g/mol. The summed E-state index contributed by atoms with van der Waals surface area (Å²) in [7, 11) is 0. The minimum Gasteiger partial charge on any atom is -0.488 e. The normalized spacial score (nSPS) is 11.9. The standard InChI is InChI=1S/C24H24N2O2S/c1-18-12-14-22(15-13-18)29-19(2)24(27)26-25-16-21-10-6-7-11-23(21)28-17-20-8-4-3-5-9-20/h3-16,19H,17H2,1-2H3,(H,26,27)/b25-16-/t19-/m0/s1. The molecule has 3 aromatic carbocycles. The summed E-state index contributed by atoms with van der Waals surface area (Å²) >= 11 is 1.50. The van der Waals surface area contributed by atoms with E-state index in [1.165, 1.54) is 17.3 Å². The summed E-state index contributed by atoms with van der Waals surface area (Å²) < 4.78 is 5.91. The number of carbonyl (C=O) groups is 1. The van der Waals surface area contributed by atoms with Crippen molar-refractivity contribution in [1.82, 2.24) is 5.43 Å².